The largest absolute Gasteiger partial charge is 0.367 e. The molecule has 0 aliphatic carbocycles. The van der Waals surface area contributed by atoms with E-state index in [0.29, 0.717) is 11.1 Å². The third kappa shape index (κ3) is 2.69. The first-order chi connectivity index (χ1) is 10.2. The third-order valence-corrected chi connectivity index (χ3v) is 3.68. The Labute approximate surface area is 128 Å². The summed E-state index contributed by atoms with van der Waals surface area (Å²) in [6.45, 7) is 4.25. The van der Waals surface area contributed by atoms with E-state index in [1.54, 1.807) is 17.2 Å². The number of fused-ring (bicyclic) bond motifs is 1. The highest BCUT2D eigenvalue weighted by atomic mass is 35.5. The van der Waals surface area contributed by atoms with Gasteiger partial charge in [-0.25, -0.2) is 14.6 Å². The monoisotopic (exact) mass is 301 g/mol. The molecule has 21 heavy (non-hydrogen) atoms. The van der Waals surface area contributed by atoms with Crippen LogP contribution >= 0.6 is 11.6 Å². The molecule has 3 rings (SSSR count). The molecule has 3 aromatic rings. The summed E-state index contributed by atoms with van der Waals surface area (Å²) in [5.74, 6) is 0.814. The highest BCUT2D eigenvalue weighted by Gasteiger charge is 2.12. The number of hydrogen-bond donors (Lipinski definition) is 1. The molecular weight excluding hydrogens is 286 g/mol. The Morgan fingerprint density at radius 1 is 1.24 bits per heavy atom. The van der Waals surface area contributed by atoms with E-state index >= 15 is 0 Å². The molecule has 0 aliphatic heterocycles. The number of nitrogens with one attached hydrogen (secondary N) is 1. The van der Waals surface area contributed by atoms with E-state index < -0.39 is 0 Å². The first kappa shape index (κ1) is 13.8. The summed E-state index contributed by atoms with van der Waals surface area (Å²) in [6.07, 6.45) is 4.37. The highest BCUT2D eigenvalue weighted by Crippen LogP contribution is 2.23. The molecule has 0 radical (unpaired) electrons. The van der Waals surface area contributed by atoms with Gasteiger partial charge in [-0.05, 0) is 37.6 Å². The normalized spacial score (nSPS) is 12.5. The zero-order chi connectivity index (χ0) is 14.8. The SMILES string of the molecule is CC[C@@H](C)Nc1ncnc2c1cnn2-c1ccc(Cl)cc1. The van der Waals surface area contributed by atoms with Gasteiger partial charge in [0.15, 0.2) is 5.65 Å². The first-order valence-electron chi connectivity index (χ1n) is 6.90. The lowest BCUT2D eigenvalue weighted by molar-refractivity contribution is 0.760. The second kappa shape index (κ2) is 5.69. The number of nitrogens with zero attached hydrogens (tertiary/aromatic N) is 4. The molecule has 0 amide bonds. The van der Waals surface area contributed by atoms with Gasteiger partial charge < -0.3 is 5.32 Å². The average Bonchev–Trinajstić information content (AvgIpc) is 2.93. The topological polar surface area (TPSA) is 55.6 Å². The fraction of sp³-hybridized carbons (Fsp3) is 0.267. The summed E-state index contributed by atoms with van der Waals surface area (Å²) in [5.41, 5.74) is 1.70. The molecule has 1 aromatic carbocycles. The zero-order valence-electron chi connectivity index (χ0n) is 11.9. The summed E-state index contributed by atoms with van der Waals surface area (Å²) in [7, 11) is 0. The second-order valence-corrected chi connectivity index (χ2v) is 5.38. The zero-order valence-corrected chi connectivity index (χ0v) is 12.7. The van der Waals surface area contributed by atoms with Crippen molar-refractivity contribution in [2.24, 2.45) is 0 Å². The van der Waals surface area contributed by atoms with Crippen LogP contribution in [-0.4, -0.2) is 25.8 Å². The van der Waals surface area contributed by atoms with Crippen LogP contribution in [0.5, 0.6) is 0 Å². The van der Waals surface area contributed by atoms with Crippen LogP contribution in [0, 0.1) is 0 Å². The lowest BCUT2D eigenvalue weighted by Crippen LogP contribution is -2.14. The van der Waals surface area contributed by atoms with Crippen LogP contribution < -0.4 is 5.32 Å². The Kier molecular flexibility index (Phi) is 3.75. The third-order valence-electron chi connectivity index (χ3n) is 3.43. The van der Waals surface area contributed by atoms with Crippen molar-refractivity contribution >= 4 is 28.5 Å². The van der Waals surface area contributed by atoms with Crippen molar-refractivity contribution < 1.29 is 0 Å². The molecule has 6 heteroatoms. The summed E-state index contributed by atoms with van der Waals surface area (Å²) >= 11 is 5.92. The van der Waals surface area contributed by atoms with Gasteiger partial charge in [-0.3, -0.25) is 0 Å². The summed E-state index contributed by atoms with van der Waals surface area (Å²) in [5, 5.41) is 9.41. The van der Waals surface area contributed by atoms with Gasteiger partial charge in [0.1, 0.15) is 12.1 Å². The van der Waals surface area contributed by atoms with Crippen molar-refractivity contribution in [3.05, 3.63) is 41.8 Å². The van der Waals surface area contributed by atoms with Gasteiger partial charge in [-0.1, -0.05) is 18.5 Å². The molecule has 0 bridgehead atoms. The van der Waals surface area contributed by atoms with Gasteiger partial charge in [0.05, 0.1) is 17.3 Å². The van der Waals surface area contributed by atoms with Crippen LogP contribution in [0.25, 0.3) is 16.7 Å². The summed E-state index contributed by atoms with van der Waals surface area (Å²) in [4.78, 5) is 8.67. The predicted molar refractivity (Wildman–Crippen MR) is 85.0 cm³/mol. The van der Waals surface area contributed by atoms with Crippen molar-refractivity contribution in [3.63, 3.8) is 0 Å². The molecule has 2 heterocycles. The number of halogens is 1. The number of rotatable bonds is 4. The maximum absolute atomic E-state index is 5.92. The van der Waals surface area contributed by atoms with E-state index in [4.69, 9.17) is 11.6 Å². The molecule has 0 aliphatic rings. The van der Waals surface area contributed by atoms with E-state index in [1.807, 2.05) is 24.3 Å². The Balaban J connectivity index is 2.06. The van der Waals surface area contributed by atoms with Crippen molar-refractivity contribution in [3.8, 4) is 5.69 Å². The van der Waals surface area contributed by atoms with Crippen LogP contribution in [-0.2, 0) is 0 Å². The molecule has 0 saturated carbocycles. The fourth-order valence-corrected chi connectivity index (χ4v) is 2.19. The van der Waals surface area contributed by atoms with E-state index in [0.717, 1.165) is 29.0 Å². The molecule has 0 unspecified atom stereocenters. The Morgan fingerprint density at radius 3 is 2.71 bits per heavy atom. The van der Waals surface area contributed by atoms with Crippen LogP contribution in [0.3, 0.4) is 0 Å². The number of hydrogen-bond acceptors (Lipinski definition) is 4. The lowest BCUT2D eigenvalue weighted by atomic mass is 10.2. The number of anilines is 1. The van der Waals surface area contributed by atoms with Gasteiger partial charge in [0, 0.05) is 11.1 Å². The van der Waals surface area contributed by atoms with Gasteiger partial charge >= 0.3 is 0 Å². The molecular formula is C15H16ClN5. The van der Waals surface area contributed by atoms with E-state index in [9.17, 15) is 0 Å². The van der Waals surface area contributed by atoms with Gasteiger partial charge in [0.2, 0.25) is 0 Å². The lowest BCUT2D eigenvalue weighted by Gasteiger charge is -2.12. The van der Waals surface area contributed by atoms with Crippen LogP contribution in [0.4, 0.5) is 5.82 Å². The average molecular weight is 302 g/mol. The van der Waals surface area contributed by atoms with Crippen molar-refractivity contribution in [1.82, 2.24) is 19.7 Å². The molecule has 1 atom stereocenters. The minimum absolute atomic E-state index is 0.349. The maximum atomic E-state index is 5.92. The van der Waals surface area contributed by atoms with E-state index in [-0.39, 0.29) is 0 Å². The van der Waals surface area contributed by atoms with Crippen molar-refractivity contribution in [1.29, 1.82) is 0 Å². The van der Waals surface area contributed by atoms with Gasteiger partial charge in [0.25, 0.3) is 0 Å². The molecule has 0 fully saturated rings. The molecule has 5 nitrogen and oxygen atoms in total. The Hall–Kier alpha value is -2.14. The van der Waals surface area contributed by atoms with Crippen molar-refractivity contribution in [2.45, 2.75) is 26.3 Å². The van der Waals surface area contributed by atoms with Gasteiger partial charge in [-0.15, -0.1) is 0 Å². The maximum Gasteiger partial charge on any atom is 0.168 e. The molecule has 2 aromatic heterocycles. The molecule has 108 valence electrons. The standard InChI is InChI=1S/C15H16ClN5/c1-3-10(2)20-14-13-8-19-21(15(13)18-9-17-14)12-6-4-11(16)5-7-12/h4-10H,3H2,1-2H3,(H,17,18,20)/t10-/m1/s1. The van der Waals surface area contributed by atoms with Gasteiger partial charge in [-0.2, -0.15) is 5.10 Å². The molecule has 0 spiro atoms. The van der Waals surface area contributed by atoms with Crippen LogP contribution in [0.1, 0.15) is 20.3 Å². The quantitative estimate of drug-likeness (QED) is 0.798. The smallest absolute Gasteiger partial charge is 0.168 e. The predicted octanol–water partition coefficient (Wildman–Crippen LogP) is 3.68. The Morgan fingerprint density at radius 2 is 2.00 bits per heavy atom. The summed E-state index contributed by atoms with van der Waals surface area (Å²) in [6, 6.07) is 7.85. The number of benzene rings is 1. The molecule has 1 N–H and O–H groups in total. The first-order valence-corrected chi connectivity index (χ1v) is 7.28. The van der Waals surface area contributed by atoms with E-state index in [1.165, 1.54) is 0 Å². The van der Waals surface area contributed by atoms with Crippen molar-refractivity contribution in [2.75, 3.05) is 5.32 Å². The minimum atomic E-state index is 0.349. The minimum Gasteiger partial charge on any atom is -0.367 e. The highest BCUT2D eigenvalue weighted by molar-refractivity contribution is 6.30. The fourth-order valence-electron chi connectivity index (χ4n) is 2.07. The Bertz CT molecular complexity index is 750. The van der Waals surface area contributed by atoms with Crippen LogP contribution in [0.2, 0.25) is 5.02 Å². The van der Waals surface area contributed by atoms with Crippen LogP contribution in [0.15, 0.2) is 36.8 Å². The van der Waals surface area contributed by atoms with E-state index in [2.05, 4.69) is 34.2 Å². The number of aromatic nitrogens is 4. The second-order valence-electron chi connectivity index (χ2n) is 4.95. The summed E-state index contributed by atoms with van der Waals surface area (Å²) < 4.78 is 1.79. The molecule has 0 saturated heterocycles.